The Hall–Kier alpha value is -1.00. The van der Waals surface area contributed by atoms with E-state index in [2.05, 4.69) is 5.32 Å². The minimum atomic E-state index is 0.0517. The fourth-order valence-corrected chi connectivity index (χ4v) is 2.08. The van der Waals surface area contributed by atoms with Gasteiger partial charge in [0.2, 0.25) is 5.91 Å². The number of thioether (sulfide) groups is 1. The lowest BCUT2D eigenvalue weighted by atomic mass is 10.1. The number of amides is 1. The Balaban J connectivity index is 2.47. The minimum absolute atomic E-state index is 0.0517. The van der Waals surface area contributed by atoms with Crippen molar-refractivity contribution in [3.05, 3.63) is 29.8 Å². The second-order valence-electron chi connectivity index (χ2n) is 4.15. The number of carbonyl (C=O) groups is 1. The Labute approximate surface area is 113 Å². The van der Waals surface area contributed by atoms with Crippen molar-refractivity contribution in [2.75, 3.05) is 20.0 Å². The fraction of sp³-hybridized carbons (Fsp3) is 0.500. The molecule has 1 amide bonds. The normalized spacial score (nSPS) is 12.2. The van der Waals surface area contributed by atoms with Crippen LogP contribution in [0.25, 0.3) is 0 Å². The molecule has 0 radical (unpaired) electrons. The van der Waals surface area contributed by atoms with E-state index in [1.807, 2.05) is 37.4 Å². The lowest BCUT2D eigenvalue weighted by molar-refractivity contribution is -0.121. The number of hydrogen-bond acceptors (Lipinski definition) is 3. The van der Waals surface area contributed by atoms with Crippen LogP contribution in [0.15, 0.2) is 29.2 Å². The van der Waals surface area contributed by atoms with Crippen LogP contribution in [0.3, 0.4) is 0 Å². The maximum Gasteiger partial charge on any atom is 0.224 e. The number of ether oxygens (including phenoxy) is 1. The molecule has 3 nitrogen and oxygen atoms in total. The summed E-state index contributed by atoms with van der Waals surface area (Å²) in [6, 6.07) is 8.19. The zero-order valence-corrected chi connectivity index (χ0v) is 12.0. The van der Waals surface area contributed by atoms with Crippen molar-refractivity contribution >= 4 is 17.7 Å². The van der Waals surface area contributed by atoms with Gasteiger partial charge in [-0.15, -0.1) is 11.8 Å². The molecule has 1 unspecified atom stereocenters. The predicted molar refractivity (Wildman–Crippen MR) is 76.0 cm³/mol. The SMILES string of the molecule is CCC(COC)NC(=O)Cc1ccc(SC)cc1. The van der Waals surface area contributed by atoms with Gasteiger partial charge in [0, 0.05) is 12.0 Å². The Morgan fingerprint density at radius 2 is 2.06 bits per heavy atom. The third-order valence-corrected chi connectivity index (χ3v) is 3.49. The molecule has 1 rings (SSSR count). The van der Waals surface area contributed by atoms with E-state index in [0.29, 0.717) is 13.0 Å². The monoisotopic (exact) mass is 267 g/mol. The summed E-state index contributed by atoms with van der Waals surface area (Å²) in [6.07, 6.45) is 3.35. The van der Waals surface area contributed by atoms with Crippen molar-refractivity contribution < 1.29 is 9.53 Å². The topological polar surface area (TPSA) is 38.3 Å². The maximum atomic E-state index is 11.8. The lowest BCUT2D eigenvalue weighted by Gasteiger charge is -2.15. The molecule has 18 heavy (non-hydrogen) atoms. The van der Waals surface area contributed by atoms with Crippen LogP contribution >= 0.6 is 11.8 Å². The lowest BCUT2D eigenvalue weighted by Crippen LogP contribution is -2.38. The standard InChI is InChI=1S/C14H21NO2S/c1-4-12(10-17-2)15-14(16)9-11-5-7-13(18-3)8-6-11/h5-8,12H,4,9-10H2,1-3H3,(H,15,16). The number of methoxy groups -OCH3 is 1. The van der Waals surface area contributed by atoms with Crippen molar-refractivity contribution in [1.29, 1.82) is 0 Å². The molecule has 0 aliphatic carbocycles. The van der Waals surface area contributed by atoms with Crippen LogP contribution in [0.4, 0.5) is 0 Å². The van der Waals surface area contributed by atoms with E-state index in [4.69, 9.17) is 4.74 Å². The van der Waals surface area contributed by atoms with Crippen molar-refractivity contribution in [2.24, 2.45) is 0 Å². The van der Waals surface area contributed by atoms with Gasteiger partial charge >= 0.3 is 0 Å². The van der Waals surface area contributed by atoms with Crippen molar-refractivity contribution in [3.8, 4) is 0 Å². The number of rotatable bonds is 7. The maximum absolute atomic E-state index is 11.8. The molecule has 0 bridgehead atoms. The van der Waals surface area contributed by atoms with Gasteiger partial charge in [0.15, 0.2) is 0 Å². The Bertz CT molecular complexity index is 365. The van der Waals surface area contributed by atoms with Crippen LogP contribution in [0.2, 0.25) is 0 Å². The molecule has 100 valence electrons. The summed E-state index contributed by atoms with van der Waals surface area (Å²) in [7, 11) is 1.65. The van der Waals surface area contributed by atoms with Crippen LogP contribution in [0, 0.1) is 0 Å². The largest absolute Gasteiger partial charge is 0.383 e. The zero-order valence-electron chi connectivity index (χ0n) is 11.2. The molecule has 0 aliphatic rings. The second kappa shape index (κ2) is 8.16. The average molecular weight is 267 g/mol. The van der Waals surface area contributed by atoms with Gasteiger partial charge in [-0.05, 0) is 30.4 Å². The molecular weight excluding hydrogens is 246 g/mol. The quantitative estimate of drug-likeness (QED) is 0.771. The number of benzene rings is 1. The van der Waals surface area contributed by atoms with Crippen molar-refractivity contribution in [2.45, 2.75) is 30.7 Å². The molecule has 0 heterocycles. The number of hydrogen-bond donors (Lipinski definition) is 1. The van der Waals surface area contributed by atoms with Gasteiger partial charge in [0.25, 0.3) is 0 Å². The molecule has 1 atom stereocenters. The Kier molecular flexibility index (Phi) is 6.83. The Morgan fingerprint density at radius 3 is 2.56 bits per heavy atom. The first-order valence-electron chi connectivity index (χ1n) is 6.10. The first-order chi connectivity index (χ1) is 8.69. The highest BCUT2D eigenvalue weighted by Crippen LogP contribution is 2.15. The summed E-state index contributed by atoms with van der Waals surface area (Å²) in [4.78, 5) is 13.1. The van der Waals surface area contributed by atoms with Crippen LogP contribution in [-0.4, -0.2) is 31.9 Å². The van der Waals surface area contributed by atoms with Gasteiger partial charge in [0.1, 0.15) is 0 Å². The highest BCUT2D eigenvalue weighted by atomic mass is 32.2. The summed E-state index contributed by atoms with van der Waals surface area (Å²) in [5.41, 5.74) is 1.04. The summed E-state index contributed by atoms with van der Waals surface area (Å²) in [5, 5.41) is 2.98. The van der Waals surface area contributed by atoms with E-state index in [-0.39, 0.29) is 11.9 Å². The average Bonchev–Trinajstić information content (AvgIpc) is 2.39. The first kappa shape index (κ1) is 15.1. The van der Waals surface area contributed by atoms with Gasteiger partial charge in [0.05, 0.1) is 19.1 Å². The highest BCUT2D eigenvalue weighted by Gasteiger charge is 2.10. The molecule has 0 saturated heterocycles. The molecule has 0 saturated carbocycles. The molecule has 0 fully saturated rings. The van der Waals surface area contributed by atoms with E-state index < -0.39 is 0 Å². The van der Waals surface area contributed by atoms with E-state index >= 15 is 0 Å². The smallest absolute Gasteiger partial charge is 0.224 e. The first-order valence-corrected chi connectivity index (χ1v) is 7.33. The van der Waals surface area contributed by atoms with Crippen molar-refractivity contribution in [1.82, 2.24) is 5.32 Å². The number of carbonyl (C=O) groups excluding carboxylic acids is 1. The number of nitrogens with one attached hydrogen (secondary N) is 1. The third-order valence-electron chi connectivity index (χ3n) is 2.75. The van der Waals surface area contributed by atoms with Gasteiger partial charge in [-0.3, -0.25) is 4.79 Å². The summed E-state index contributed by atoms with van der Waals surface area (Å²) in [6.45, 7) is 2.60. The van der Waals surface area contributed by atoms with Crippen molar-refractivity contribution in [3.63, 3.8) is 0 Å². The molecule has 1 N–H and O–H groups in total. The van der Waals surface area contributed by atoms with Gasteiger partial charge < -0.3 is 10.1 Å². The van der Waals surface area contributed by atoms with E-state index in [9.17, 15) is 4.79 Å². The second-order valence-corrected chi connectivity index (χ2v) is 5.03. The fourth-order valence-electron chi connectivity index (χ4n) is 1.67. The van der Waals surface area contributed by atoms with Crippen LogP contribution in [0.5, 0.6) is 0 Å². The molecule has 1 aromatic rings. The molecule has 0 aliphatic heterocycles. The van der Waals surface area contributed by atoms with E-state index in [1.54, 1.807) is 18.9 Å². The van der Waals surface area contributed by atoms with Gasteiger partial charge in [-0.1, -0.05) is 19.1 Å². The van der Waals surface area contributed by atoms with E-state index in [1.165, 1.54) is 4.90 Å². The van der Waals surface area contributed by atoms with Crippen LogP contribution < -0.4 is 5.32 Å². The van der Waals surface area contributed by atoms with E-state index in [0.717, 1.165) is 12.0 Å². The third kappa shape index (κ3) is 5.10. The summed E-state index contributed by atoms with van der Waals surface area (Å²) < 4.78 is 5.06. The van der Waals surface area contributed by atoms with Crippen LogP contribution in [0.1, 0.15) is 18.9 Å². The van der Waals surface area contributed by atoms with Gasteiger partial charge in [-0.2, -0.15) is 0 Å². The molecule has 0 aromatic heterocycles. The molecule has 4 heteroatoms. The molecule has 0 spiro atoms. The predicted octanol–water partition coefficient (Wildman–Crippen LogP) is 2.49. The Morgan fingerprint density at radius 1 is 1.39 bits per heavy atom. The van der Waals surface area contributed by atoms with Crippen LogP contribution in [-0.2, 0) is 16.0 Å². The zero-order chi connectivity index (χ0) is 13.4. The molecule has 1 aromatic carbocycles. The molecular formula is C14H21NO2S. The summed E-state index contributed by atoms with van der Waals surface area (Å²) >= 11 is 1.70. The summed E-state index contributed by atoms with van der Waals surface area (Å²) in [5.74, 6) is 0.0517. The minimum Gasteiger partial charge on any atom is -0.383 e. The van der Waals surface area contributed by atoms with Gasteiger partial charge in [-0.25, -0.2) is 0 Å². The highest BCUT2D eigenvalue weighted by molar-refractivity contribution is 7.98.